The molecule has 0 spiro atoms. The minimum atomic E-state index is -4.14. The Morgan fingerprint density at radius 1 is 0.938 bits per heavy atom. The van der Waals surface area contributed by atoms with Gasteiger partial charge in [-0.25, -0.2) is 0 Å². The van der Waals surface area contributed by atoms with Crippen LogP contribution in [0.15, 0.2) is 0 Å². The van der Waals surface area contributed by atoms with E-state index in [4.69, 9.17) is 4.74 Å². The molecular formula is C12H22F3O. The topological polar surface area (TPSA) is 9.23 Å². The molecule has 0 aromatic rings. The van der Waals surface area contributed by atoms with Gasteiger partial charge in [-0.15, -0.1) is 0 Å². The van der Waals surface area contributed by atoms with Crippen molar-refractivity contribution in [3.8, 4) is 0 Å². The summed E-state index contributed by atoms with van der Waals surface area (Å²) in [5.74, 6) is 0. The number of unbranched alkanes of at least 4 members (excludes halogenated alkanes) is 5. The van der Waals surface area contributed by atoms with Crippen LogP contribution in [-0.2, 0) is 4.74 Å². The van der Waals surface area contributed by atoms with Crippen molar-refractivity contribution in [3.63, 3.8) is 0 Å². The van der Waals surface area contributed by atoms with E-state index in [0.717, 1.165) is 12.8 Å². The second-order valence-corrected chi connectivity index (χ2v) is 3.91. The highest BCUT2D eigenvalue weighted by molar-refractivity contribution is 4.73. The highest BCUT2D eigenvalue weighted by Gasteiger charge is 2.26. The third-order valence-electron chi connectivity index (χ3n) is 2.26. The Labute approximate surface area is 96.4 Å². The van der Waals surface area contributed by atoms with Crippen LogP contribution < -0.4 is 0 Å². The third-order valence-corrected chi connectivity index (χ3v) is 2.26. The molecule has 0 aromatic carbocycles. The Bertz CT molecular complexity index is 146. The zero-order chi connectivity index (χ0) is 12.3. The van der Waals surface area contributed by atoms with E-state index in [1.54, 1.807) is 0 Å². The van der Waals surface area contributed by atoms with Crippen LogP contribution in [-0.4, -0.2) is 19.4 Å². The van der Waals surface area contributed by atoms with Crippen molar-refractivity contribution < 1.29 is 17.9 Å². The maximum Gasteiger partial charge on any atom is 0.392 e. The van der Waals surface area contributed by atoms with E-state index in [1.165, 1.54) is 19.3 Å². The minimum Gasteiger partial charge on any atom is -0.381 e. The summed E-state index contributed by atoms with van der Waals surface area (Å²) < 4.78 is 40.4. The molecule has 4 heteroatoms. The first kappa shape index (κ1) is 15.8. The van der Waals surface area contributed by atoms with Crippen molar-refractivity contribution in [1.29, 1.82) is 0 Å². The highest BCUT2D eigenvalue weighted by Crippen LogP contribution is 2.20. The Kier molecular flexibility index (Phi) is 9.78. The molecule has 0 bridgehead atoms. The zero-order valence-electron chi connectivity index (χ0n) is 9.98. The minimum absolute atomic E-state index is 0.0549. The van der Waals surface area contributed by atoms with Crippen molar-refractivity contribution >= 4 is 0 Å². The van der Waals surface area contributed by atoms with Crippen LogP contribution in [0.4, 0.5) is 13.2 Å². The van der Waals surface area contributed by atoms with Crippen LogP contribution in [0.3, 0.4) is 0 Å². The van der Waals surface area contributed by atoms with E-state index < -0.39 is 6.18 Å². The molecular weight excluding hydrogens is 217 g/mol. The van der Waals surface area contributed by atoms with Gasteiger partial charge in [0, 0.05) is 13.2 Å². The third kappa shape index (κ3) is 13.8. The van der Waals surface area contributed by atoms with E-state index in [-0.39, 0.29) is 6.42 Å². The van der Waals surface area contributed by atoms with Crippen molar-refractivity contribution in [3.05, 3.63) is 6.42 Å². The Morgan fingerprint density at radius 2 is 1.56 bits per heavy atom. The number of hydrogen-bond acceptors (Lipinski definition) is 1. The van der Waals surface area contributed by atoms with Crippen molar-refractivity contribution in [2.75, 3.05) is 13.2 Å². The fraction of sp³-hybridized carbons (Fsp3) is 0.917. The fourth-order valence-electron chi connectivity index (χ4n) is 1.36. The molecule has 0 aromatic heterocycles. The fourth-order valence-corrected chi connectivity index (χ4v) is 1.36. The zero-order valence-corrected chi connectivity index (χ0v) is 9.98. The van der Waals surface area contributed by atoms with Crippen LogP contribution in [0.5, 0.6) is 0 Å². The average molecular weight is 239 g/mol. The Balaban J connectivity index is 2.99. The van der Waals surface area contributed by atoms with Crippen molar-refractivity contribution in [1.82, 2.24) is 0 Å². The summed E-state index contributed by atoms with van der Waals surface area (Å²) in [5.41, 5.74) is 0. The van der Waals surface area contributed by atoms with E-state index in [0.29, 0.717) is 26.1 Å². The molecule has 0 rings (SSSR count). The molecule has 0 heterocycles. The highest BCUT2D eigenvalue weighted by atomic mass is 19.4. The van der Waals surface area contributed by atoms with Crippen molar-refractivity contribution in [2.45, 2.75) is 58.0 Å². The first-order chi connectivity index (χ1) is 7.56. The van der Waals surface area contributed by atoms with E-state index in [1.807, 2.05) is 0 Å². The number of ether oxygens (including phenoxy) is 1. The van der Waals surface area contributed by atoms with Gasteiger partial charge >= 0.3 is 6.18 Å². The lowest BCUT2D eigenvalue weighted by atomic mass is 10.2. The smallest absolute Gasteiger partial charge is 0.381 e. The lowest BCUT2D eigenvalue weighted by Gasteiger charge is -2.06. The second-order valence-electron chi connectivity index (χ2n) is 3.91. The SMILES string of the molecule is CCCCCCCOCCC[CH]C(F)(F)F. The summed E-state index contributed by atoms with van der Waals surface area (Å²) in [4.78, 5) is 0. The number of rotatable bonds is 10. The molecule has 0 amide bonds. The lowest BCUT2D eigenvalue weighted by molar-refractivity contribution is -0.0987. The Hall–Kier alpha value is -0.250. The van der Waals surface area contributed by atoms with Gasteiger partial charge in [0.15, 0.2) is 0 Å². The molecule has 0 aliphatic carbocycles. The average Bonchev–Trinajstić information content (AvgIpc) is 2.19. The molecule has 0 saturated heterocycles. The summed E-state index contributed by atoms with van der Waals surface area (Å²) >= 11 is 0. The molecule has 97 valence electrons. The molecule has 0 aliphatic heterocycles. The maximum absolute atomic E-state index is 11.7. The van der Waals surface area contributed by atoms with Gasteiger partial charge in [0.25, 0.3) is 0 Å². The Morgan fingerprint density at radius 3 is 2.19 bits per heavy atom. The first-order valence-electron chi connectivity index (χ1n) is 6.05. The predicted octanol–water partition coefficient (Wildman–Crippen LogP) is 4.52. The van der Waals surface area contributed by atoms with Gasteiger partial charge in [0.05, 0.1) is 6.42 Å². The molecule has 16 heavy (non-hydrogen) atoms. The second kappa shape index (κ2) is 9.94. The quantitative estimate of drug-likeness (QED) is 0.509. The van der Waals surface area contributed by atoms with Crippen LogP contribution >= 0.6 is 0 Å². The standard InChI is InChI=1S/C12H22F3O/c1-2-3-4-5-7-10-16-11-8-6-9-12(13,14)15/h9H,2-8,10-11H2,1H3. The van der Waals surface area contributed by atoms with Crippen LogP contribution in [0.25, 0.3) is 0 Å². The lowest BCUT2D eigenvalue weighted by Crippen LogP contribution is -2.08. The summed E-state index contributed by atoms with van der Waals surface area (Å²) in [7, 11) is 0. The molecule has 1 radical (unpaired) electrons. The van der Waals surface area contributed by atoms with Crippen LogP contribution in [0, 0.1) is 6.42 Å². The first-order valence-corrected chi connectivity index (χ1v) is 6.05. The number of halogens is 3. The van der Waals surface area contributed by atoms with E-state index in [9.17, 15) is 13.2 Å². The number of alkyl halides is 3. The molecule has 1 nitrogen and oxygen atoms in total. The molecule has 0 N–H and O–H groups in total. The van der Waals surface area contributed by atoms with Gasteiger partial charge in [-0.1, -0.05) is 32.6 Å². The molecule has 0 unspecified atom stereocenters. The van der Waals surface area contributed by atoms with Gasteiger partial charge in [0.1, 0.15) is 0 Å². The van der Waals surface area contributed by atoms with E-state index in [2.05, 4.69) is 6.92 Å². The van der Waals surface area contributed by atoms with Gasteiger partial charge < -0.3 is 4.74 Å². The van der Waals surface area contributed by atoms with E-state index >= 15 is 0 Å². The van der Waals surface area contributed by atoms with Gasteiger partial charge in [-0.05, 0) is 19.3 Å². The van der Waals surface area contributed by atoms with Gasteiger partial charge in [-0.2, -0.15) is 13.2 Å². The van der Waals surface area contributed by atoms with Gasteiger partial charge in [-0.3, -0.25) is 0 Å². The van der Waals surface area contributed by atoms with Crippen molar-refractivity contribution in [2.24, 2.45) is 0 Å². The summed E-state index contributed by atoms with van der Waals surface area (Å²) in [6.45, 7) is 3.27. The largest absolute Gasteiger partial charge is 0.392 e. The molecule has 0 aliphatic rings. The normalized spacial score (nSPS) is 12.0. The molecule has 0 saturated carbocycles. The number of hydrogen-bond donors (Lipinski definition) is 0. The molecule has 0 atom stereocenters. The monoisotopic (exact) mass is 239 g/mol. The maximum atomic E-state index is 11.7. The predicted molar refractivity (Wildman–Crippen MR) is 59.2 cm³/mol. The van der Waals surface area contributed by atoms with Gasteiger partial charge in [0.2, 0.25) is 0 Å². The summed E-state index contributed by atoms with van der Waals surface area (Å²) in [6, 6.07) is 0. The van der Waals surface area contributed by atoms with Crippen LogP contribution in [0.1, 0.15) is 51.9 Å². The molecule has 0 fully saturated rings. The van der Waals surface area contributed by atoms with Crippen LogP contribution in [0.2, 0.25) is 0 Å². The summed E-state index contributed by atoms with van der Waals surface area (Å²) in [6.07, 6.45) is 2.62. The summed E-state index contributed by atoms with van der Waals surface area (Å²) in [5, 5.41) is 0.